The summed E-state index contributed by atoms with van der Waals surface area (Å²) < 4.78 is 1.10. The van der Waals surface area contributed by atoms with Crippen LogP contribution in [-0.2, 0) is 0 Å². The predicted molar refractivity (Wildman–Crippen MR) is 77.2 cm³/mol. The van der Waals surface area contributed by atoms with Crippen molar-refractivity contribution in [3.63, 3.8) is 0 Å². The summed E-state index contributed by atoms with van der Waals surface area (Å²) in [4.78, 5) is 0. The molecule has 0 aromatic rings. The van der Waals surface area contributed by atoms with Crippen LogP contribution in [0.15, 0.2) is 0 Å². The van der Waals surface area contributed by atoms with Gasteiger partial charge in [0.05, 0.1) is 28.2 Å². The molecule has 2 unspecified atom stereocenters. The Balaban J connectivity index is -0.000000301. The monoisotopic (exact) mass is 436 g/mol. The van der Waals surface area contributed by atoms with Gasteiger partial charge in [-0.25, -0.2) is 0 Å². The van der Waals surface area contributed by atoms with E-state index < -0.39 is 18.3 Å². The first-order valence-electron chi connectivity index (χ1n) is 7.28. The summed E-state index contributed by atoms with van der Waals surface area (Å²) in [6.45, 7) is 3.26. The van der Waals surface area contributed by atoms with Crippen LogP contribution >= 0.6 is 0 Å². The minimum atomic E-state index is -0.478. The van der Waals surface area contributed by atoms with E-state index in [0.29, 0.717) is 48.2 Å². The summed E-state index contributed by atoms with van der Waals surface area (Å²) in [7, 11) is 7.97. The molecule has 0 spiro atoms. The molecule has 0 heterocycles. The van der Waals surface area contributed by atoms with Gasteiger partial charge in [0, 0.05) is 0 Å². The fourth-order valence-electron chi connectivity index (χ4n) is 2.67. The molecule has 0 fully saturated rings. The summed E-state index contributed by atoms with van der Waals surface area (Å²) in [5, 5.41) is 29.6. The first kappa shape index (κ1) is 35.9. The minimum Gasteiger partial charge on any atom is -1.00 e. The van der Waals surface area contributed by atoms with Gasteiger partial charge in [0.15, 0.2) is 18.3 Å². The number of halogens is 4. The van der Waals surface area contributed by atoms with Gasteiger partial charge >= 0.3 is 0 Å². The molecule has 0 saturated heterocycles. The molecule has 0 aliphatic carbocycles. The van der Waals surface area contributed by atoms with Crippen LogP contribution in [0.5, 0.6) is 0 Å². The molecule has 0 aromatic heterocycles. The van der Waals surface area contributed by atoms with Crippen LogP contribution in [0.1, 0.15) is 0 Å². The highest BCUT2D eigenvalue weighted by atomic mass is 35.5. The Kier molecular flexibility index (Phi) is 24.1. The average molecular weight is 438 g/mol. The summed E-state index contributed by atoms with van der Waals surface area (Å²) in [6.07, 6.45) is -1.35. The molecule has 0 bridgehead atoms. The highest BCUT2D eigenvalue weighted by Crippen LogP contribution is 2.07. The van der Waals surface area contributed by atoms with E-state index in [1.54, 1.807) is 0 Å². The van der Waals surface area contributed by atoms with Crippen LogP contribution in [0.2, 0.25) is 0 Å². The third-order valence-corrected chi connectivity index (χ3v) is 3.49. The van der Waals surface area contributed by atoms with Gasteiger partial charge in [-0.3, -0.25) is 0 Å². The van der Waals surface area contributed by atoms with Crippen molar-refractivity contribution in [3.8, 4) is 0 Å². The molecule has 0 aliphatic rings. The molecule has 7 nitrogen and oxygen atoms in total. The number of rotatable bonds is 10. The smallest absolute Gasteiger partial charge is 0.152 e. The van der Waals surface area contributed by atoms with Gasteiger partial charge in [-0.1, -0.05) is 0 Å². The number of hydrogen-bond acceptors (Lipinski definition) is 3. The van der Waals surface area contributed by atoms with Crippen molar-refractivity contribution in [2.75, 3.05) is 67.5 Å². The van der Waals surface area contributed by atoms with Crippen LogP contribution < -0.4 is 61.1 Å². The molecule has 2 atom stereocenters. The average Bonchev–Trinajstić information content (AvgIpc) is 2.25. The summed E-state index contributed by atoms with van der Waals surface area (Å²) in [6, 6.07) is 0. The van der Waals surface area contributed by atoms with Crippen molar-refractivity contribution in [1.29, 1.82) is 0 Å². The van der Waals surface area contributed by atoms with Gasteiger partial charge in [0.2, 0.25) is 0 Å². The Morgan fingerprint density at radius 1 is 0.583 bits per heavy atom. The molecule has 0 aromatic carbocycles. The zero-order valence-electron chi connectivity index (χ0n) is 15.1. The summed E-state index contributed by atoms with van der Waals surface area (Å²) >= 11 is 0. The molecule has 0 saturated carbocycles. The quantitative estimate of drug-likeness (QED) is 0.218. The Morgan fingerprint density at radius 2 is 0.792 bits per heavy atom. The zero-order valence-corrected chi connectivity index (χ0v) is 18.2. The van der Waals surface area contributed by atoms with E-state index >= 15 is 0 Å². The topological polar surface area (TPSA) is 116 Å². The number of hydrogen-bond donors (Lipinski definition) is 5. The van der Waals surface area contributed by atoms with Crippen molar-refractivity contribution in [3.05, 3.63) is 0 Å². The maximum Gasteiger partial charge on any atom is 0.152 e. The molecule has 9 N–H and O–H groups in total. The van der Waals surface area contributed by atoms with Crippen molar-refractivity contribution in [2.24, 2.45) is 0 Å². The number of quaternary nitrogens is 4. The Labute approximate surface area is 171 Å². The Hall–Kier alpha value is 0.880. The van der Waals surface area contributed by atoms with E-state index in [-0.39, 0.29) is 49.6 Å². The highest BCUT2D eigenvalue weighted by Gasteiger charge is 2.30. The number of likely N-dealkylation sites (N-methyl/N-ethyl adjacent to an activating group) is 2. The third kappa shape index (κ3) is 17.7. The van der Waals surface area contributed by atoms with Crippen molar-refractivity contribution >= 4 is 0 Å². The fourth-order valence-corrected chi connectivity index (χ4v) is 2.67. The van der Waals surface area contributed by atoms with E-state index in [1.807, 2.05) is 28.2 Å². The third-order valence-electron chi connectivity index (χ3n) is 3.49. The second kappa shape index (κ2) is 16.1. The molecule has 0 amide bonds. The molecular weight excluding hydrogens is 402 g/mol. The summed E-state index contributed by atoms with van der Waals surface area (Å²) in [5.41, 5.74) is 7.38. The van der Waals surface area contributed by atoms with Gasteiger partial charge in [0.1, 0.15) is 39.3 Å². The van der Waals surface area contributed by atoms with E-state index in [0.717, 1.165) is 0 Å². The lowest BCUT2D eigenvalue weighted by atomic mass is 10.2. The SMILES string of the molecule is C[N+](C)(CC(O)C[NH3+])CC(O)C[N+](C)(C)CC(O)C[NH3+].[Cl-].[Cl-].[Cl-].[Cl-]. The Morgan fingerprint density at radius 3 is 1.00 bits per heavy atom. The minimum absolute atomic E-state index is 0. The molecular formula is C13H36Cl4N4O3. The van der Waals surface area contributed by atoms with Gasteiger partial charge in [-0.2, -0.15) is 0 Å². The van der Waals surface area contributed by atoms with E-state index in [1.165, 1.54) is 0 Å². The second-order valence-electron chi connectivity index (χ2n) is 7.14. The molecule has 154 valence electrons. The first-order chi connectivity index (χ1) is 9.01. The first-order valence-corrected chi connectivity index (χ1v) is 7.28. The number of nitrogens with zero attached hydrogens (tertiary/aromatic N) is 2. The van der Waals surface area contributed by atoms with Gasteiger partial charge in [-0.15, -0.1) is 0 Å². The van der Waals surface area contributed by atoms with Gasteiger partial charge < -0.3 is 85.4 Å². The maximum atomic E-state index is 10.3. The molecule has 0 radical (unpaired) electrons. The summed E-state index contributed by atoms with van der Waals surface area (Å²) in [5.74, 6) is 0. The van der Waals surface area contributed by atoms with Crippen LogP contribution in [0.3, 0.4) is 0 Å². The van der Waals surface area contributed by atoms with Crippen molar-refractivity contribution < 1.29 is 85.4 Å². The normalized spacial score (nSPS) is 14.9. The highest BCUT2D eigenvalue weighted by molar-refractivity contribution is 4.58. The van der Waals surface area contributed by atoms with Crippen LogP contribution in [0, 0.1) is 0 Å². The standard InChI is InChI=1S/C13H34N4O3.4ClH/c1-16(2,7-11(18)5-14)9-13(20)10-17(3,4)8-12(19)6-15;;;;/h11-13,18-20H,5-10,14-15H2,1-4H3;4*1H/q+2;;;;/p-2. The number of aliphatic hydroxyl groups is 3. The molecule has 11 heteroatoms. The van der Waals surface area contributed by atoms with Gasteiger partial charge in [-0.05, 0) is 0 Å². The van der Waals surface area contributed by atoms with Crippen LogP contribution in [0.25, 0.3) is 0 Å². The second-order valence-corrected chi connectivity index (χ2v) is 7.14. The lowest BCUT2D eigenvalue weighted by Crippen LogP contribution is -3.00. The van der Waals surface area contributed by atoms with E-state index in [2.05, 4.69) is 11.5 Å². The molecule has 0 aliphatic heterocycles. The lowest BCUT2D eigenvalue weighted by molar-refractivity contribution is -0.918. The zero-order chi connectivity index (χ0) is 16.0. The van der Waals surface area contributed by atoms with Crippen molar-refractivity contribution in [1.82, 2.24) is 0 Å². The molecule has 24 heavy (non-hydrogen) atoms. The number of aliphatic hydroxyl groups excluding tert-OH is 3. The predicted octanol–water partition coefficient (Wildman–Crippen LogP) is -16.3. The lowest BCUT2D eigenvalue weighted by Gasteiger charge is -2.37. The van der Waals surface area contributed by atoms with Crippen LogP contribution in [-0.4, -0.2) is 110 Å². The fraction of sp³-hybridized carbons (Fsp3) is 1.00. The molecule has 0 rings (SSSR count). The van der Waals surface area contributed by atoms with Crippen LogP contribution in [0.4, 0.5) is 0 Å². The van der Waals surface area contributed by atoms with Gasteiger partial charge in [0.25, 0.3) is 0 Å². The van der Waals surface area contributed by atoms with E-state index in [9.17, 15) is 15.3 Å². The van der Waals surface area contributed by atoms with Crippen molar-refractivity contribution in [2.45, 2.75) is 18.3 Å². The van der Waals surface area contributed by atoms with E-state index in [4.69, 9.17) is 0 Å². The Bertz CT molecular complexity index is 264. The largest absolute Gasteiger partial charge is 1.00 e. The maximum absolute atomic E-state index is 10.3.